The van der Waals surface area contributed by atoms with Gasteiger partial charge in [0.1, 0.15) is 5.75 Å². The molecule has 4 heteroatoms. The fraction of sp³-hybridized carbons (Fsp3) is 0.455. The molecule has 1 aromatic heterocycles. The summed E-state index contributed by atoms with van der Waals surface area (Å²) in [5, 5.41) is 9.29. The molecule has 4 nitrogen and oxygen atoms in total. The highest BCUT2D eigenvalue weighted by Crippen LogP contribution is 2.26. The van der Waals surface area contributed by atoms with Gasteiger partial charge < -0.3 is 9.84 Å². The smallest absolute Gasteiger partial charge is 0.309 e. The monoisotopic (exact) mass is 207 g/mol. The molecule has 0 aliphatic heterocycles. The van der Waals surface area contributed by atoms with Crippen LogP contribution in [0.25, 0.3) is 0 Å². The summed E-state index contributed by atoms with van der Waals surface area (Å²) in [6.45, 7) is 0. The van der Waals surface area contributed by atoms with Gasteiger partial charge in [-0.3, -0.25) is 9.78 Å². The fourth-order valence-electron chi connectivity index (χ4n) is 1.97. The number of carbonyl (C=O) groups excluding carboxylic acids is 1. The number of esters is 1. The van der Waals surface area contributed by atoms with Crippen LogP contribution in [-0.2, 0) is 22.4 Å². The van der Waals surface area contributed by atoms with Crippen LogP contribution in [0.3, 0.4) is 0 Å². The Morgan fingerprint density at radius 2 is 2.47 bits per heavy atom. The largest absolute Gasteiger partial charge is 0.506 e. The first kappa shape index (κ1) is 9.96. The number of ether oxygens (including phenoxy) is 1. The molecule has 1 atom stereocenters. The summed E-state index contributed by atoms with van der Waals surface area (Å²) < 4.78 is 4.71. The number of hydrogen-bond acceptors (Lipinski definition) is 4. The van der Waals surface area contributed by atoms with E-state index < -0.39 is 0 Å². The van der Waals surface area contributed by atoms with Crippen molar-refractivity contribution >= 4 is 5.97 Å². The first-order valence-electron chi connectivity index (χ1n) is 4.95. The van der Waals surface area contributed by atoms with Crippen LogP contribution in [0.5, 0.6) is 5.75 Å². The van der Waals surface area contributed by atoms with Gasteiger partial charge in [-0.05, 0) is 30.9 Å². The second-order valence-corrected chi connectivity index (χ2v) is 3.76. The molecule has 0 saturated heterocycles. The molecule has 1 aromatic rings. The van der Waals surface area contributed by atoms with Gasteiger partial charge in [0.2, 0.25) is 0 Å². The molecule has 0 bridgehead atoms. The molecule has 1 N–H and O–H groups in total. The van der Waals surface area contributed by atoms with Crippen molar-refractivity contribution in [2.75, 3.05) is 7.11 Å². The van der Waals surface area contributed by atoms with Gasteiger partial charge in [0.05, 0.1) is 19.2 Å². The number of aryl methyl sites for hydroxylation is 1. The molecule has 1 heterocycles. The Bertz CT molecular complexity index is 389. The van der Waals surface area contributed by atoms with E-state index in [2.05, 4.69) is 4.98 Å². The van der Waals surface area contributed by atoms with Crippen LogP contribution < -0.4 is 0 Å². The molecule has 0 amide bonds. The number of hydrogen-bond donors (Lipinski definition) is 1. The Morgan fingerprint density at radius 1 is 1.67 bits per heavy atom. The lowest BCUT2D eigenvalue weighted by Gasteiger charge is -2.21. The molecule has 0 spiro atoms. The molecule has 15 heavy (non-hydrogen) atoms. The third kappa shape index (κ3) is 1.93. The standard InChI is InChI=1S/C11H13NO3/c1-15-11(14)7-2-3-10-8(4-7)5-9(13)6-12-10/h5-7,13H,2-4H2,1H3. The van der Waals surface area contributed by atoms with Gasteiger partial charge in [-0.2, -0.15) is 0 Å². The van der Waals surface area contributed by atoms with Gasteiger partial charge in [0, 0.05) is 5.69 Å². The van der Waals surface area contributed by atoms with Crippen LogP contribution in [0.2, 0.25) is 0 Å². The Balaban J connectivity index is 2.22. The first-order chi connectivity index (χ1) is 7.20. The maximum Gasteiger partial charge on any atom is 0.309 e. The first-order valence-corrected chi connectivity index (χ1v) is 4.95. The summed E-state index contributed by atoms with van der Waals surface area (Å²) in [5.41, 5.74) is 1.93. The number of carbonyl (C=O) groups is 1. The second-order valence-electron chi connectivity index (χ2n) is 3.76. The molecule has 1 aliphatic rings. The summed E-state index contributed by atoms with van der Waals surface area (Å²) >= 11 is 0. The average molecular weight is 207 g/mol. The normalized spacial score (nSPS) is 19.4. The molecule has 0 fully saturated rings. The summed E-state index contributed by atoms with van der Waals surface area (Å²) in [7, 11) is 1.40. The van der Waals surface area contributed by atoms with E-state index >= 15 is 0 Å². The third-order valence-corrected chi connectivity index (χ3v) is 2.78. The van der Waals surface area contributed by atoms with E-state index in [9.17, 15) is 9.90 Å². The predicted molar refractivity (Wildman–Crippen MR) is 53.4 cm³/mol. The van der Waals surface area contributed by atoms with Crippen LogP contribution in [0.4, 0.5) is 0 Å². The molecule has 0 radical (unpaired) electrons. The zero-order chi connectivity index (χ0) is 10.8. The summed E-state index contributed by atoms with van der Waals surface area (Å²) in [6, 6.07) is 1.68. The molecular weight excluding hydrogens is 194 g/mol. The molecular formula is C11H13NO3. The van der Waals surface area contributed by atoms with Crippen molar-refractivity contribution in [1.82, 2.24) is 4.98 Å². The topological polar surface area (TPSA) is 59.4 Å². The number of fused-ring (bicyclic) bond motifs is 1. The highest BCUT2D eigenvalue weighted by atomic mass is 16.5. The molecule has 0 aromatic carbocycles. The Hall–Kier alpha value is -1.58. The zero-order valence-corrected chi connectivity index (χ0v) is 8.56. The zero-order valence-electron chi connectivity index (χ0n) is 8.56. The summed E-state index contributed by atoms with van der Waals surface area (Å²) in [5.74, 6) is -0.116. The molecule has 1 aliphatic carbocycles. The van der Waals surface area contributed by atoms with Crippen LogP contribution in [0.1, 0.15) is 17.7 Å². The van der Waals surface area contributed by atoms with E-state index in [1.54, 1.807) is 6.07 Å². The highest BCUT2D eigenvalue weighted by Gasteiger charge is 2.26. The number of pyridine rings is 1. The minimum absolute atomic E-state index is 0.0916. The van der Waals surface area contributed by atoms with E-state index in [0.29, 0.717) is 6.42 Å². The Labute approximate surface area is 87.9 Å². The van der Waals surface area contributed by atoms with Crippen molar-refractivity contribution < 1.29 is 14.6 Å². The quantitative estimate of drug-likeness (QED) is 0.700. The van der Waals surface area contributed by atoms with E-state index in [4.69, 9.17) is 4.74 Å². The minimum Gasteiger partial charge on any atom is -0.506 e. The fourth-order valence-corrected chi connectivity index (χ4v) is 1.97. The number of rotatable bonds is 1. The van der Waals surface area contributed by atoms with Crippen molar-refractivity contribution in [1.29, 1.82) is 0 Å². The van der Waals surface area contributed by atoms with E-state index in [1.807, 2.05) is 0 Å². The van der Waals surface area contributed by atoms with Gasteiger partial charge in [-0.15, -0.1) is 0 Å². The van der Waals surface area contributed by atoms with Crippen LogP contribution in [0, 0.1) is 5.92 Å². The number of methoxy groups -OCH3 is 1. The van der Waals surface area contributed by atoms with Crippen molar-refractivity contribution in [2.45, 2.75) is 19.3 Å². The molecule has 80 valence electrons. The molecule has 2 rings (SSSR count). The minimum atomic E-state index is -0.177. The van der Waals surface area contributed by atoms with E-state index in [1.165, 1.54) is 13.3 Å². The molecule has 1 unspecified atom stereocenters. The second kappa shape index (κ2) is 3.88. The number of aromatic nitrogens is 1. The number of nitrogens with zero attached hydrogens (tertiary/aromatic N) is 1. The van der Waals surface area contributed by atoms with Gasteiger partial charge in [-0.25, -0.2) is 0 Å². The van der Waals surface area contributed by atoms with Gasteiger partial charge in [0.15, 0.2) is 0 Å². The lowest BCUT2D eigenvalue weighted by atomic mass is 9.86. The third-order valence-electron chi connectivity index (χ3n) is 2.78. The highest BCUT2D eigenvalue weighted by molar-refractivity contribution is 5.73. The molecule has 0 saturated carbocycles. The van der Waals surface area contributed by atoms with Crippen LogP contribution in [0.15, 0.2) is 12.3 Å². The maximum absolute atomic E-state index is 11.4. The number of aromatic hydroxyl groups is 1. The Morgan fingerprint density at radius 3 is 3.20 bits per heavy atom. The summed E-state index contributed by atoms with van der Waals surface area (Å²) in [4.78, 5) is 15.5. The lowest BCUT2D eigenvalue weighted by molar-refractivity contribution is -0.145. The van der Waals surface area contributed by atoms with E-state index in [-0.39, 0.29) is 17.6 Å². The Kier molecular flexibility index (Phi) is 2.58. The van der Waals surface area contributed by atoms with Crippen molar-refractivity contribution in [3.05, 3.63) is 23.5 Å². The SMILES string of the molecule is COC(=O)C1CCc2ncc(O)cc2C1. The lowest BCUT2D eigenvalue weighted by Crippen LogP contribution is -2.24. The van der Waals surface area contributed by atoms with Crippen molar-refractivity contribution in [3.63, 3.8) is 0 Å². The van der Waals surface area contributed by atoms with Crippen LogP contribution >= 0.6 is 0 Å². The maximum atomic E-state index is 11.4. The van der Waals surface area contributed by atoms with Gasteiger partial charge in [0.25, 0.3) is 0 Å². The summed E-state index contributed by atoms with van der Waals surface area (Å²) in [6.07, 6.45) is 3.60. The van der Waals surface area contributed by atoms with Crippen molar-refractivity contribution in [3.8, 4) is 5.75 Å². The van der Waals surface area contributed by atoms with Gasteiger partial charge >= 0.3 is 5.97 Å². The van der Waals surface area contributed by atoms with Crippen LogP contribution in [-0.4, -0.2) is 23.2 Å². The van der Waals surface area contributed by atoms with Gasteiger partial charge in [-0.1, -0.05) is 0 Å². The van der Waals surface area contributed by atoms with Crippen molar-refractivity contribution in [2.24, 2.45) is 5.92 Å². The predicted octanol–water partition coefficient (Wildman–Crippen LogP) is 1.07. The van der Waals surface area contributed by atoms with E-state index in [0.717, 1.165) is 24.1 Å². The average Bonchev–Trinajstić information content (AvgIpc) is 2.27.